The van der Waals surface area contributed by atoms with Crippen molar-refractivity contribution in [1.29, 1.82) is 0 Å². The van der Waals surface area contributed by atoms with Crippen LogP contribution >= 0.6 is 22.9 Å². The number of nitrogens with zero attached hydrogens (tertiary/aromatic N) is 1. The van der Waals surface area contributed by atoms with Gasteiger partial charge >= 0.3 is 0 Å². The Kier molecular flexibility index (Phi) is 8.50. The first-order chi connectivity index (χ1) is 18.9. The lowest BCUT2D eigenvalue weighted by atomic mass is 10.1. The second-order valence-corrected chi connectivity index (χ2v) is 11.8. The standard InChI is InChI=1S/C29H28ClN3O4S2/c1-18-27(38-29(31-18)32-28(34)19-5-3-4-6-19)20-7-16-25(36-2)26(17-20)39(35)33-22-10-14-24(15-11-22)37-23-12-8-21(30)9-13-23/h7-17,19,33H,3-6H2,1-2H3,(H,31,32,34). The van der Waals surface area contributed by atoms with E-state index in [0.29, 0.717) is 38.0 Å². The van der Waals surface area contributed by atoms with Gasteiger partial charge in [0.2, 0.25) is 5.91 Å². The van der Waals surface area contributed by atoms with Crippen LogP contribution in [0, 0.1) is 12.8 Å². The van der Waals surface area contributed by atoms with Gasteiger partial charge in [-0.05, 0) is 92.1 Å². The number of benzene rings is 3. The maximum absolute atomic E-state index is 13.4. The predicted octanol–water partition coefficient (Wildman–Crippen LogP) is 7.84. The molecule has 1 aliphatic rings. The Bertz CT molecular complexity index is 1480. The molecule has 1 heterocycles. The van der Waals surface area contributed by atoms with Gasteiger partial charge in [-0.2, -0.15) is 0 Å². The number of methoxy groups -OCH3 is 1. The van der Waals surface area contributed by atoms with E-state index in [-0.39, 0.29) is 11.8 Å². The molecule has 1 aliphatic carbocycles. The van der Waals surface area contributed by atoms with E-state index >= 15 is 0 Å². The van der Waals surface area contributed by atoms with Gasteiger partial charge in [0.15, 0.2) is 16.1 Å². The van der Waals surface area contributed by atoms with Crippen molar-refractivity contribution in [2.24, 2.45) is 5.92 Å². The monoisotopic (exact) mass is 581 g/mol. The second kappa shape index (κ2) is 12.2. The normalized spacial score (nSPS) is 14.1. The smallest absolute Gasteiger partial charge is 0.229 e. The average molecular weight is 582 g/mol. The lowest BCUT2D eigenvalue weighted by molar-refractivity contribution is -0.119. The van der Waals surface area contributed by atoms with Crippen molar-refractivity contribution < 1.29 is 18.5 Å². The molecule has 10 heteroatoms. The highest BCUT2D eigenvalue weighted by Gasteiger charge is 2.24. The van der Waals surface area contributed by atoms with Crippen LogP contribution in [0.15, 0.2) is 71.6 Å². The van der Waals surface area contributed by atoms with Crippen LogP contribution < -0.4 is 19.5 Å². The number of nitrogens with one attached hydrogen (secondary N) is 2. The van der Waals surface area contributed by atoms with E-state index in [1.54, 1.807) is 61.7 Å². The molecule has 1 fully saturated rings. The number of ether oxygens (including phenoxy) is 2. The number of thiazole rings is 1. The quantitative estimate of drug-likeness (QED) is 0.210. The van der Waals surface area contributed by atoms with Crippen molar-refractivity contribution in [3.8, 4) is 27.7 Å². The van der Waals surface area contributed by atoms with Crippen molar-refractivity contribution in [3.63, 3.8) is 0 Å². The molecular weight excluding hydrogens is 554 g/mol. The molecule has 0 saturated heterocycles. The van der Waals surface area contributed by atoms with Crippen molar-refractivity contribution in [2.45, 2.75) is 37.5 Å². The van der Waals surface area contributed by atoms with Gasteiger partial charge in [-0.15, -0.1) is 0 Å². The van der Waals surface area contributed by atoms with E-state index in [0.717, 1.165) is 41.8 Å². The molecule has 0 radical (unpaired) electrons. The highest BCUT2D eigenvalue weighted by atomic mass is 35.5. The Morgan fingerprint density at radius 1 is 1.03 bits per heavy atom. The zero-order valence-corrected chi connectivity index (χ0v) is 23.9. The first-order valence-electron chi connectivity index (χ1n) is 12.6. The zero-order valence-electron chi connectivity index (χ0n) is 21.5. The summed E-state index contributed by atoms with van der Waals surface area (Å²) in [5, 5.41) is 4.21. The Morgan fingerprint density at radius 3 is 2.36 bits per heavy atom. The minimum absolute atomic E-state index is 0.0399. The lowest BCUT2D eigenvalue weighted by Crippen LogP contribution is -2.20. The highest BCUT2D eigenvalue weighted by molar-refractivity contribution is 7.86. The molecule has 0 bridgehead atoms. The molecule has 2 N–H and O–H groups in total. The molecule has 39 heavy (non-hydrogen) atoms. The van der Waals surface area contributed by atoms with E-state index in [1.165, 1.54) is 11.3 Å². The number of aromatic nitrogens is 1. The summed E-state index contributed by atoms with van der Waals surface area (Å²) in [6.07, 6.45) is 4.06. The summed E-state index contributed by atoms with van der Waals surface area (Å²) in [7, 11) is -0.0549. The number of hydrogen-bond donors (Lipinski definition) is 2. The first-order valence-corrected chi connectivity index (χ1v) is 14.9. The van der Waals surface area contributed by atoms with Crippen LogP contribution in [0.1, 0.15) is 31.4 Å². The van der Waals surface area contributed by atoms with Crippen LogP contribution in [-0.4, -0.2) is 22.2 Å². The molecule has 3 aromatic carbocycles. The maximum Gasteiger partial charge on any atom is 0.229 e. The molecule has 0 aliphatic heterocycles. The van der Waals surface area contributed by atoms with E-state index in [4.69, 9.17) is 21.1 Å². The fraction of sp³-hybridized carbons (Fsp3) is 0.241. The Morgan fingerprint density at radius 2 is 1.69 bits per heavy atom. The van der Waals surface area contributed by atoms with Crippen molar-refractivity contribution in [1.82, 2.24) is 4.98 Å². The Labute approximate surface area is 239 Å². The Hall–Kier alpha value is -3.40. The molecule has 7 nitrogen and oxygen atoms in total. The van der Waals surface area contributed by atoms with Crippen LogP contribution in [-0.2, 0) is 15.8 Å². The minimum Gasteiger partial charge on any atom is -0.495 e. The van der Waals surface area contributed by atoms with Crippen LogP contribution in [0.3, 0.4) is 0 Å². The minimum atomic E-state index is -1.60. The zero-order chi connectivity index (χ0) is 27.4. The number of anilines is 2. The molecule has 1 atom stereocenters. The van der Waals surface area contributed by atoms with Crippen LogP contribution in [0.2, 0.25) is 5.02 Å². The molecule has 202 valence electrons. The van der Waals surface area contributed by atoms with Gasteiger partial charge in [-0.3, -0.25) is 4.79 Å². The number of carbonyl (C=O) groups excluding carboxylic acids is 1. The van der Waals surface area contributed by atoms with Gasteiger partial charge in [-0.1, -0.05) is 35.8 Å². The lowest BCUT2D eigenvalue weighted by Gasteiger charge is -2.12. The van der Waals surface area contributed by atoms with Crippen molar-refractivity contribution in [3.05, 3.63) is 77.4 Å². The van der Waals surface area contributed by atoms with Crippen molar-refractivity contribution >= 4 is 50.6 Å². The van der Waals surface area contributed by atoms with Gasteiger partial charge in [0.25, 0.3) is 0 Å². The number of carbonyl (C=O) groups is 1. The van der Waals surface area contributed by atoms with Gasteiger partial charge in [0, 0.05) is 16.6 Å². The number of aryl methyl sites for hydroxylation is 1. The fourth-order valence-corrected chi connectivity index (χ4v) is 6.59. The van der Waals surface area contributed by atoms with E-state index in [1.807, 2.05) is 19.1 Å². The number of halogens is 1. The second-order valence-electron chi connectivity index (χ2n) is 9.22. The number of amides is 1. The summed E-state index contributed by atoms with van der Waals surface area (Å²) in [6, 6.07) is 19.8. The average Bonchev–Trinajstić information content (AvgIpc) is 3.61. The topological polar surface area (TPSA) is 89.5 Å². The predicted molar refractivity (Wildman–Crippen MR) is 157 cm³/mol. The maximum atomic E-state index is 13.4. The summed E-state index contributed by atoms with van der Waals surface area (Å²) >= 11 is 7.35. The fourth-order valence-electron chi connectivity index (χ4n) is 4.47. The summed E-state index contributed by atoms with van der Waals surface area (Å²) in [5.41, 5.74) is 2.31. The van der Waals surface area contributed by atoms with Crippen LogP contribution in [0.4, 0.5) is 10.8 Å². The van der Waals surface area contributed by atoms with Crippen LogP contribution in [0.5, 0.6) is 17.2 Å². The molecule has 1 saturated carbocycles. The van der Waals surface area contributed by atoms with Gasteiger partial charge in [0.05, 0.1) is 17.7 Å². The third kappa shape index (κ3) is 6.61. The molecule has 1 unspecified atom stereocenters. The summed E-state index contributed by atoms with van der Waals surface area (Å²) in [5.74, 6) is 1.92. The van der Waals surface area contributed by atoms with Gasteiger partial charge in [0.1, 0.15) is 22.1 Å². The molecule has 1 aromatic heterocycles. The largest absolute Gasteiger partial charge is 0.495 e. The molecule has 4 aromatic rings. The van der Waals surface area contributed by atoms with Gasteiger partial charge < -0.3 is 19.5 Å². The van der Waals surface area contributed by atoms with E-state index in [9.17, 15) is 9.00 Å². The highest BCUT2D eigenvalue weighted by Crippen LogP contribution is 2.37. The first kappa shape index (κ1) is 27.2. The third-order valence-corrected chi connectivity index (χ3v) is 9.01. The van der Waals surface area contributed by atoms with Crippen molar-refractivity contribution in [2.75, 3.05) is 17.1 Å². The van der Waals surface area contributed by atoms with Crippen LogP contribution in [0.25, 0.3) is 10.4 Å². The SMILES string of the molecule is COc1ccc(-c2sc(NC(=O)C3CCCC3)nc2C)cc1S(=O)Nc1ccc(Oc2ccc(Cl)cc2)cc1. The summed E-state index contributed by atoms with van der Waals surface area (Å²) in [6.45, 7) is 1.91. The third-order valence-electron chi connectivity index (χ3n) is 6.49. The summed E-state index contributed by atoms with van der Waals surface area (Å²) < 4.78 is 27.7. The number of rotatable bonds is 9. The molecule has 0 spiro atoms. The molecule has 5 rings (SSSR count). The number of hydrogen-bond acceptors (Lipinski definition) is 6. The molecular formula is C29H28ClN3O4S2. The molecule has 1 amide bonds. The summed E-state index contributed by atoms with van der Waals surface area (Å²) in [4.78, 5) is 18.6. The van der Waals surface area contributed by atoms with Gasteiger partial charge in [-0.25, -0.2) is 9.19 Å². The van der Waals surface area contributed by atoms with E-state index < -0.39 is 11.0 Å². The Balaban J connectivity index is 1.30. The van der Waals surface area contributed by atoms with E-state index in [2.05, 4.69) is 15.0 Å².